The molecular weight excluding hydrogens is 353 g/mol. The Kier molecular flexibility index (Phi) is 4.64. The Morgan fingerprint density at radius 3 is 2.42 bits per heavy atom. The summed E-state index contributed by atoms with van der Waals surface area (Å²) in [4.78, 5) is 38.0. The van der Waals surface area contributed by atoms with Crippen molar-refractivity contribution in [1.29, 1.82) is 0 Å². The Hall–Kier alpha value is -2.58. The average Bonchev–Trinajstić information content (AvgIpc) is 2.91. The van der Waals surface area contributed by atoms with E-state index in [1.165, 1.54) is 4.90 Å². The smallest absolute Gasteiger partial charge is 0.406 e. The quantitative estimate of drug-likeness (QED) is 0.873. The molecule has 1 saturated heterocycles. The first-order valence-corrected chi connectivity index (χ1v) is 8.10. The zero-order valence-electron chi connectivity index (χ0n) is 13.7. The Bertz CT molecular complexity index is 750. The van der Waals surface area contributed by atoms with E-state index in [2.05, 4.69) is 0 Å². The number of carboxylic acids is 1. The van der Waals surface area contributed by atoms with Crippen molar-refractivity contribution in [2.75, 3.05) is 13.1 Å². The van der Waals surface area contributed by atoms with E-state index in [9.17, 15) is 32.7 Å². The summed E-state index contributed by atoms with van der Waals surface area (Å²) < 4.78 is 37.6. The maximum Gasteiger partial charge on any atom is 0.406 e. The van der Waals surface area contributed by atoms with Gasteiger partial charge in [-0.05, 0) is 11.1 Å². The van der Waals surface area contributed by atoms with Crippen molar-refractivity contribution in [2.24, 2.45) is 5.92 Å². The summed E-state index contributed by atoms with van der Waals surface area (Å²) in [7, 11) is 0. The minimum atomic E-state index is -4.54. The van der Waals surface area contributed by atoms with Gasteiger partial charge in [0.25, 0.3) is 0 Å². The van der Waals surface area contributed by atoms with Crippen LogP contribution >= 0.6 is 0 Å². The van der Waals surface area contributed by atoms with E-state index >= 15 is 0 Å². The molecule has 26 heavy (non-hydrogen) atoms. The van der Waals surface area contributed by atoms with Crippen LogP contribution in [0.5, 0.6) is 0 Å². The number of nitrogens with zero attached hydrogens (tertiary/aromatic N) is 2. The number of likely N-dealkylation sites (tertiary alicyclic amines) is 1. The van der Waals surface area contributed by atoms with Crippen molar-refractivity contribution in [3.05, 3.63) is 35.4 Å². The van der Waals surface area contributed by atoms with E-state index in [0.29, 0.717) is 4.90 Å². The van der Waals surface area contributed by atoms with Crippen molar-refractivity contribution < 1.29 is 32.7 Å². The number of aliphatic carboxylic acids is 1. The predicted molar refractivity (Wildman–Crippen MR) is 82.9 cm³/mol. The molecule has 140 valence electrons. The Morgan fingerprint density at radius 2 is 1.81 bits per heavy atom. The summed E-state index contributed by atoms with van der Waals surface area (Å²) >= 11 is 0. The molecule has 2 aliphatic rings. The fourth-order valence-corrected chi connectivity index (χ4v) is 3.52. The lowest BCUT2D eigenvalue weighted by atomic mass is 9.92. The van der Waals surface area contributed by atoms with Gasteiger partial charge >= 0.3 is 12.1 Å². The van der Waals surface area contributed by atoms with Crippen LogP contribution in [0.2, 0.25) is 0 Å². The number of benzene rings is 1. The van der Waals surface area contributed by atoms with Crippen LogP contribution in [0.1, 0.15) is 17.5 Å². The Balaban J connectivity index is 1.78. The molecule has 6 nitrogen and oxygen atoms in total. The number of amides is 2. The van der Waals surface area contributed by atoms with Gasteiger partial charge < -0.3 is 14.9 Å². The predicted octanol–water partition coefficient (Wildman–Crippen LogP) is 1.44. The summed E-state index contributed by atoms with van der Waals surface area (Å²) in [6, 6.07) is 6.03. The molecule has 0 aromatic heterocycles. The van der Waals surface area contributed by atoms with Gasteiger partial charge in [-0.25, -0.2) is 4.79 Å². The first kappa shape index (κ1) is 18.2. The number of hydrogen-bond acceptors (Lipinski definition) is 3. The van der Waals surface area contributed by atoms with Gasteiger partial charge in [-0.1, -0.05) is 24.3 Å². The molecule has 0 saturated carbocycles. The largest absolute Gasteiger partial charge is 0.480 e. The van der Waals surface area contributed by atoms with Crippen LogP contribution in [-0.2, 0) is 27.3 Å². The van der Waals surface area contributed by atoms with Crippen LogP contribution in [0.3, 0.4) is 0 Å². The fourth-order valence-electron chi connectivity index (χ4n) is 3.52. The monoisotopic (exact) mass is 370 g/mol. The lowest BCUT2D eigenvalue weighted by Gasteiger charge is -2.35. The van der Waals surface area contributed by atoms with Gasteiger partial charge in [0.05, 0.1) is 5.92 Å². The first-order chi connectivity index (χ1) is 12.2. The molecule has 0 aliphatic carbocycles. The van der Waals surface area contributed by atoms with E-state index < -0.39 is 42.5 Å². The lowest BCUT2D eigenvalue weighted by molar-refractivity contribution is -0.158. The molecule has 2 aliphatic heterocycles. The van der Waals surface area contributed by atoms with Crippen LogP contribution in [0.4, 0.5) is 13.2 Å². The van der Waals surface area contributed by atoms with Crippen molar-refractivity contribution in [3.63, 3.8) is 0 Å². The Labute approximate surface area is 147 Å². The average molecular weight is 370 g/mol. The lowest BCUT2D eigenvalue weighted by Crippen LogP contribution is -2.51. The number of halogens is 3. The van der Waals surface area contributed by atoms with Gasteiger partial charge in [0.1, 0.15) is 12.6 Å². The summed E-state index contributed by atoms with van der Waals surface area (Å²) in [6.07, 6.45) is -4.75. The van der Waals surface area contributed by atoms with Gasteiger partial charge in [0.2, 0.25) is 11.8 Å². The second-order valence-corrected chi connectivity index (χ2v) is 6.58. The highest BCUT2D eigenvalue weighted by atomic mass is 19.4. The number of alkyl halides is 3. The standard InChI is InChI=1S/C17H17F3N2O4/c18-17(19,20)9-21-7-12(6-14(21)23)15(24)22-8-11-4-2-1-3-10(11)5-13(22)16(25)26/h1-4,12-13H,5-9H2,(H,25,26)/t12-,13-/m0/s1. The molecule has 1 aromatic rings. The molecule has 0 radical (unpaired) electrons. The number of carbonyl (C=O) groups excluding carboxylic acids is 2. The molecule has 3 rings (SSSR count). The third kappa shape index (κ3) is 3.66. The van der Waals surface area contributed by atoms with E-state index in [-0.39, 0.29) is 25.9 Å². The molecule has 0 unspecified atom stereocenters. The van der Waals surface area contributed by atoms with E-state index in [1.807, 2.05) is 0 Å². The van der Waals surface area contributed by atoms with Crippen LogP contribution in [-0.4, -0.2) is 58.0 Å². The maximum atomic E-state index is 12.8. The van der Waals surface area contributed by atoms with Crippen LogP contribution in [0, 0.1) is 5.92 Å². The van der Waals surface area contributed by atoms with Crippen molar-refractivity contribution in [3.8, 4) is 0 Å². The molecule has 0 bridgehead atoms. The molecule has 2 atom stereocenters. The number of hydrogen-bond donors (Lipinski definition) is 1. The van der Waals surface area contributed by atoms with Gasteiger partial charge in [0.15, 0.2) is 0 Å². The third-order valence-corrected chi connectivity index (χ3v) is 4.75. The number of carbonyl (C=O) groups is 3. The molecule has 1 aromatic carbocycles. The summed E-state index contributed by atoms with van der Waals surface area (Å²) in [5, 5.41) is 9.46. The molecular formula is C17H17F3N2O4. The minimum absolute atomic E-state index is 0.0654. The summed E-state index contributed by atoms with van der Waals surface area (Å²) in [5.41, 5.74) is 1.62. The zero-order valence-corrected chi connectivity index (χ0v) is 13.7. The van der Waals surface area contributed by atoms with E-state index in [4.69, 9.17) is 0 Å². The molecule has 9 heteroatoms. The number of fused-ring (bicyclic) bond motifs is 1. The molecule has 2 amide bonds. The molecule has 2 heterocycles. The van der Waals surface area contributed by atoms with Crippen LogP contribution in [0.25, 0.3) is 0 Å². The SMILES string of the molecule is O=C(O)[C@@H]1Cc2ccccc2CN1C(=O)[C@H]1CC(=O)N(CC(F)(F)F)C1. The van der Waals surface area contributed by atoms with Crippen LogP contribution in [0.15, 0.2) is 24.3 Å². The van der Waals surface area contributed by atoms with Gasteiger partial charge in [-0.15, -0.1) is 0 Å². The Morgan fingerprint density at radius 1 is 1.15 bits per heavy atom. The summed E-state index contributed by atoms with van der Waals surface area (Å²) in [6.45, 7) is -1.68. The highest BCUT2D eigenvalue weighted by molar-refractivity contribution is 5.91. The topological polar surface area (TPSA) is 77.9 Å². The number of rotatable bonds is 3. The van der Waals surface area contributed by atoms with Crippen LogP contribution < -0.4 is 0 Å². The highest BCUT2D eigenvalue weighted by Gasteiger charge is 2.44. The van der Waals surface area contributed by atoms with E-state index in [1.54, 1.807) is 24.3 Å². The van der Waals surface area contributed by atoms with Crippen molar-refractivity contribution >= 4 is 17.8 Å². The third-order valence-electron chi connectivity index (χ3n) is 4.75. The number of carboxylic acid groups (broad SMARTS) is 1. The second-order valence-electron chi connectivity index (χ2n) is 6.58. The van der Waals surface area contributed by atoms with Gasteiger partial charge in [0, 0.05) is 25.9 Å². The highest BCUT2D eigenvalue weighted by Crippen LogP contribution is 2.29. The van der Waals surface area contributed by atoms with Crippen molar-refractivity contribution in [2.45, 2.75) is 31.6 Å². The van der Waals surface area contributed by atoms with Gasteiger partial charge in [-0.2, -0.15) is 13.2 Å². The maximum absolute atomic E-state index is 12.8. The fraction of sp³-hybridized carbons (Fsp3) is 0.471. The first-order valence-electron chi connectivity index (χ1n) is 8.10. The molecule has 1 N–H and O–H groups in total. The van der Waals surface area contributed by atoms with E-state index in [0.717, 1.165) is 11.1 Å². The normalized spacial score (nSPS) is 23.1. The zero-order chi connectivity index (χ0) is 19.1. The molecule has 1 fully saturated rings. The molecule has 0 spiro atoms. The minimum Gasteiger partial charge on any atom is -0.480 e. The van der Waals surface area contributed by atoms with Crippen molar-refractivity contribution in [1.82, 2.24) is 9.80 Å². The summed E-state index contributed by atoms with van der Waals surface area (Å²) in [5.74, 6) is -3.48. The second kappa shape index (κ2) is 6.62. The van der Waals surface area contributed by atoms with Gasteiger partial charge in [-0.3, -0.25) is 9.59 Å².